The maximum atomic E-state index is 12.2. The van der Waals surface area contributed by atoms with Gasteiger partial charge < -0.3 is 25.1 Å². The number of carbonyl (C=O) groups excluding carboxylic acids is 3. The zero-order valence-electron chi connectivity index (χ0n) is 14.0. The van der Waals surface area contributed by atoms with E-state index in [1.54, 1.807) is 24.3 Å². The average Bonchev–Trinajstić information content (AvgIpc) is 2.63. The number of nitrogens with one attached hydrogen (secondary N) is 1. The fraction of sp³-hybridized carbons (Fsp3) is 0.312. The van der Waals surface area contributed by atoms with Gasteiger partial charge in [-0.15, -0.1) is 11.8 Å². The second kappa shape index (κ2) is 8.92. The van der Waals surface area contributed by atoms with Gasteiger partial charge in [0.15, 0.2) is 6.61 Å². The van der Waals surface area contributed by atoms with Crippen molar-refractivity contribution in [1.29, 1.82) is 0 Å². The molecule has 1 unspecified atom stereocenters. The van der Waals surface area contributed by atoms with Gasteiger partial charge in [-0.25, -0.2) is 0 Å². The third-order valence-corrected chi connectivity index (χ3v) is 5.20. The summed E-state index contributed by atoms with van der Waals surface area (Å²) in [6, 6.07) is 7.93. The predicted octanol–water partition coefficient (Wildman–Crippen LogP) is -4.53. The Morgan fingerprint density at radius 1 is 1.35 bits per heavy atom. The van der Waals surface area contributed by atoms with E-state index in [2.05, 4.69) is 5.32 Å². The summed E-state index contributed by atoms with van der Waals surface area (Å²) in [7, 11) is 0. The molecule has 2 atom stereocenters. The number of hydrogen-bond acceptors (Lipinski definition) is 7. The van der Waals surface area contributed by atoms with E-state index in [0.29, 0.717) is 5.75 Å². The van der Waals surface area contributed by atoms with Gasteiger partial charge in [0.1, 0.15) is 17.2 Å². The Labute approximate surface area is 175 Å². The van der Waals surface area contributed by atoms with Gasteiger partial charge in [0.05, 0.1) is 18.3 Å². The maximum Gasteiger partial charge on any atom is 1.00 e. The van der Waals surface area contributed by atoms with Gasteiger partial charge in [0, 0.05) is 5.75 Å². The summed E-state index contributed by atoms with van der Waals surface area (Å²) in [5.41, 5.74) is -0.0749. The number of aliphatic carboxylic acids is 1. The van der Waals surface area contributed by atoms with Crippen LogP contribution in [0.4, 0.5) is 0 Å². The number of carbonyl (C=O) groups is 3. The van der Waals surface area contributed by atoms with Crippen molar-refractivity contribution in [2.75, 3.05) is 19.0 Å². The number of hydrogen-bond donors (Lipinski definition) is 2. The van der Waals surface area contributed by atoms with Gasteiger partial charge in [-0.05, 0) is 17.7 Å². The van der Waals surface area contributed by atoms with Crippen LogP contribution < -0.4 is 44.7 Å². The van der Waals surface area contributed by atoms with E-state index in [1.165, 1.54) is 11.8 Å². The average molecular weight is 386 g/mol. The summed E-state index contributed by atoms with van der Waals surface area (Å²) < 4.78 is 5.31. The van der Waals surface area contributed by atoms with Crippen LogP contribution in [0.5, 0.6) is 5.75 Å². The largest absolute Gasteiger partial charge is 1.00 e. The first-order chi connectivity index (χ1) is 12.0. The van der Waals surface area contributed by atoms with Crippen molar-refractivity contribution in [3.63, 3.8) is 0 Å². The Morgan fingerprint density at radius 3 is 2.65 bits per heavy atom. The number of amides is 2. The molecule has 0 saturated carbocycles. The molecule has 0 spiro atoms. The van der Waals surface area contributed by atoms with Crippen LogP contribution >= 0.6 is 11.8 Å². The van der Waals surface area contributed by atoms with E-state index >= 15 is 0 Å². The van der Waals surface area contributed by atoms with Crippen LogP contribution in [0.3, 0.4) is 0 Å². The van der Waals surface area contributed by atoms with Gasteiger partial charge in [-0.1, -0.05) is 18.2 Å². The summed E-state index contributed by atoms with van der Waals surface area (Å²) in [6.07, 6.45) is 0. The topological polar surface area (TPSA) is 119 Å². The molecule has 2 aliphatic heterocycles. The number of β-lactam (4-membered cyclic amide) rings is 1. The predicted molar refractivity (Wildman–Crippen MR) is 86.1 cm³/mol. The van der Waals surface area contributed by atoms with Crippen molar-refractivity contribution in [2.24, 2.45) is 0 Å². The van der Waals surface area contributed by atoms with Gasteiger partial charge in [-0.3, -0.25) is 14.5 Å². The summed E-state index contributed by atoms with van der Waals surface area (Å²) >= 11 is 1.28. The number of nitrogens with zero attached hydrogens (tertiary/aromatic N) is 1. The van der Waals surface area contributed by atoms with Crippen LogP contribution in [0.15, 0.2) is 41.6 Å². The molecule has 1 fully saturated rings. The Hall–Kier alpha value is -1.52. The molecule has 1 saturated heterocycles. The first kappa shape index (κ1) is 20.8. The van der Waals surface area contributed by atoms with Crippen LogP contribution in [0.1, 0.15) is 0 Å². The molecule has 0 aliphatic carbocycles. The van der Waals surface area contributed by atoms with Gasteiger partial charge in [-0.2, -0.15) is 0 Å². The minimum Gasteiger partial charge on any atom is -0.543 e. The molecule has 2 aliphatic rings. The first-order valence-corrected chi connectivity index (χ1v) is 8.54. The number of para-hydroxylation sites is 1. The van der Waals surface area contributed by atoms with E-state index in [0.717, 1.165) is 4.90 Å². The van der Waals surface area contributed by atoms with Crippen molar-refractivity contribution in [1.82, 2.24) is 10.2 Å². The molecule has 1 aromatic carbocycles. The van der Waals surface area contributed by atoms with E-state index in [1.807, 2.05) is 6.07 Å². The van der Waals surface area contributed by atoms with Crippen molar-refractivity contribution in [3.05, 3.63) is 41.6 Å². The number of carboxylic acids is 1. The Morgan fingerprint density at radius 2 is 2.04 bits per heavy atom. The molecule has 132 valence electrons. The summed E-state index contributed by atoms with van der Waals surface area (Å²) in [5, 5.41) is 22.5. The third kappa shape index (κ3) is 4.07. The van der Waals surface area contributed by atoms with Gasteiger partial charge in [0.25, 0.3) is 11.8 Å². The minimum atomic E-state index is -1.51. The molecular weight excluding hydrogens is 371 g/mol. The van der Waals surface area contributed by atoms with Crippen LogP contribution in [-0.4, -0.2) is 58.2 Å². The molecule has 10 heteroatoms. The van der Waals surface area contributed by atoms with Gasteiger partial charge in [0.2, 0.25) is 0 Å². The molecular formula is C16H15N2NaO6S. The van der Waals surface area contributed by atoms with Crippen LogP contribution in [0, 0.1) is 0 Å². The monoisotopic (exact) mass is 386 g/mol. The third-order valence-electron chi connectivity index (χ3n) is 3.86. The number of aliphatic hydroxyl groups is 1. The van der Waals surface area contributed by atoms with E-state index in [-0.39, 0.29) is 53.2 Å². The number of ether oxygens (including phenoxy) is 1. The molecule has 0 radical (unpaired) electrons. The maximum absolute atomic E-state index is 12.2. The molecule has 2 amide bonds. The second-order valence-corrected chi connectivity index (χ2v) is 6.56. The Kier molecular flexibility index (Phi) is 7.13. The van der Waals surface area contributed by atoms with Crippen molar-refractivity contribution >= 4 is 29.5 Å². The summed E-state index contributed by atoms with van der Waals surface area (Å²) in [5.74, 6) is -1.76. The molecule has 8 nitrogen and oxygen atoms in total. The molecule has 26 heavy (non-hydrogen) atoms. The van der Waals surface area contributed by atoms with Crippen molar-refractivity contribution in [3.8, 4) is 5.75 Å². The number of carboxylic acid groups (broad SMARTS) is 1. The number of thioether (sulfide) groups is 1. The Balaban J connectivity index is 0.00000243. The van der Waals surface area contributed by atoms with Crippen LogP contribution in [0.2, 0.25) is 0 Å². The Bertz CT molecular complexity index is 742. The molecule has 3 rings (SSSR count). The normalized spacial score (nSPS) is 21.3. The summed E-state index contributed by atoms with van der Waals surface area (Å²) in [4.78, 5) is 36.5. The number of benzene rings is 1. The fourth-order valence-electron chi connectivity index (χ4n) is 2.67. The molecule has 0 bridgehead atoms. The van der Waals surface area contributed by atoms with E-state index in [4.69, 9.17) is 4.74 Å². The standard InChI is InChI=1S/C16H16N2O6S.Na/c19-6-9-8-25-15-12(14(21)18(15)13(9)16(22)23)17-11(20)7-24-10-4-2-1-3-5-10;/h1-5,12,15,19H,6-8H2,(H,17,20)(H,22,23);/q;+1/p-1/t12?,15-;/m1./s1. The van der Waals surface area contributed by atoms with E-state index < -0.39 is 35.8 Å². The zero-order chi connectivity index (χ0) is 18.0. The quantitative estimate of drug-likeness (QED) is 0.373. The van der Waals surface area contributed by atoms with Crippen molar-refractivity contribution < 1.29 is 58.9 Å². The molecule has 0 aromatic heterocycles. The van der Waals surface area contributed by atoms with Crippen molar-refractivity contribution in [2.45, 2.75) is 11.4 Å². The van der Waals surface area contributed by atoms with Gasteiger partial charge >= 0.3 is 29.6 Å². The zero-order valence-corrected chi connectivity index (χ0v) is 16.8. The smallest absolute Gasteiger partial charge is 0.543 e. The molecule has 2 heterocycles. The first-order valence-electron chi connectivity index (χ1n) is 7.49. The number of fused-ring (bicyclic) bond motifs is 1. The summed E-state index contributed by atoms with van der Waals surface area (Å²) in [6.45, 7) is -0.717. The van der Waals surface area contributed by atoms with Crippen LogP contribution in [-0.2, 0) is 14.4 Å². The number of rotatable bonds is 6. The molecule has 2 N–H and O–H groups in total. The van der Waals surface area contributed by atoms with Crippen LogP contribution in [0.25, 0.3) is 0 Å². The fourth-order valence-corrected chi connectivity index (χ4v) is 4.01. The molecule has 1 aromatic rings. The SMILES string of the molecule is O=C(COc1ccccc1)NC1C(=O)N2C(C(=O)[O-])=C(CO)CS[C@H]12.[Na+]. The van der Waals surface area contributed by atoms with E-state index in [9.17, 15) is 24.6 Å². The number of aliphatic hydroxyl groups excluding tert-OH is 1. The minimum absolute atomic E-state index is 0. The second-order valence-electron chi connectivity index (χ2n) is 5.45.